The van der Waals surface area contributed by atoms with Gasteiger partial charge in [-0.15, -0.1) is 15.0 Å². The van der Waals surface area contributed by atoms with Crippen molar-refractivity contribution in [3.63, 3.8) is 0 Å². The van der Waals surface area contributed by atoms with Gasteiger partial charge < -0.3 is 5.11 Å². The van der Waals surface area contributed by atoms with E-state index in [1.807, 2.05) is 59.7 Å². The summed E-state index contributed by atoms with van der Waals surface area (Å²) < 4.78 is 0. The molecule has 1 heterocycles. The van der Waals surface area contributed by atoms with Crippen LogP contribution in [0.2, 0.25) is 0 Å². The van der Waals surface area contributed by atoms with Crippen molar-refractivity contribution < 1.29 is 5.11 Å². The van der Waals surface area contributed by atoms with Crippen molar-refractivity contribution >= 4 is 11.0 Å². The molecule has 0 aliphatic carbocycles. The monoisotopic (exact) mass is 299 g/mol. The summed E-state index contributed by atoms with van der Waals surface area (Å²) in [6, 6.07) is 11.0. The molecule has 0 fully saturated rings. The number of fused-ring (bicyclic) bond motifs is 1. The Bertz CT molecular complexity index is 693. The first kappa shape index (κ1) is 17.7. The van der Waals surface area contributed by atoms with E-state index < -0.39 is 0 Å². The van der Waals surface area contributed by atoms with Gasteiger partial charge in [-0.3, -0.25) is 0 Å². The molecule has 1 aromatic heterocycles. The average molecular weight is 299 g/mol. The van der Waals surface area contributed by atoms with E-state index >= 15 is 0 Å². The second kappa shape index (κ2) is 8.17. The number of nitrogens with zero attached hydrogens (tertiary/aromatic N) is 3. The zero-order valence-corrected chi connectivity index (χ0v) is 14.3. The first-order valence-electron chi connectivity index (χ1n) is 7.78. The van der Waals surface area contributed by atoms with Gasteiger partial charge in [0.2, 0.25) is 0 Å². The highest BCUT2D eigenvalue weighted by Crippen LogP contribution is 2.22. The maximum Gasteiger partial charge on any atom is 0.143 e. The Labute approximate surface area is 132 Å². The first-order chi connectivity index (χ1) is 10.6. The van der Waals surface area contributed by atoms with E-state index in [0.29, 0.717) is 5.69 Å². The van der Waals surface area contributed by atoms with Crippen LogP contribution in [-0.4, -0.2) is 20.1 Å². The van der Waals surface area contributed by atoms with Gasteiger partial charge in [0.15, 0.2) is 0 Å². The summed E-state index contributed by atoms with van der Waals surface area (Å²) in [5, 5.41) is 18.6. The SMILES string of the molecule is CC.CC.Cc1cc2nn(-c3ccccc3O)nc2cc1C. The number of aromatic hydroxyl groups is 1. The topological polar surface area (TPSA) is 50.9 Å². The molecule has 0 unspecified atom stereocenters. The molecule has 22 heavy (non-hydrogen) atoms. The van der Waals surface area contributed by atoms with Crippen molar-refractivity contribution in [2.45, 2.75) is 41.5 Å². The lowest BCUT2D eigenvalue weighted by Crippen LogP contribution is -1.98. The summed E-state index contributed by atoms with van der Waals surface area (Å²) in [6.45, 7) is 12.1. The van der Waals surface area contributed by atoms with Crippen LogP contribution >= 0.6 is 0 Å². The summed E-state index contributed by atoms with van der Waals surface area (Å²) in [5.74, 6) is 0.172. The van der Waals surface area contributed by atoms with Gasteiger partial charge in [-0.1, -0.05) is 39.8 Å². The Morgan fingerprint density at radius 3 is 1.73 bits per heavy atom. The molecule has 0 radical (unpaired) electrons. The van der Waals surface area contributed by atoms with Gasteiger partial charge in [0.05, 0.1) is 0 Å². The predicted molar refractivity (Wildman–Crippen MR) is 92.7 cm³/mol. The number of hydrogen-bond acceptors (Lipinski definition) is 3. The van der Waals surface area contributed by atoms with E-state index in [-0.39, 0.29) is 5.75 Å². The number of para-hydroxylation sites is 2. The Kier molecular flexibility index (Phi) is 6.57. The summed E-state index contributed by atoms with van der Waals surface area (Å²) in [5.41, 5.74) is 4.63. The van der Waals surface area contributed by atoms with E-state index in [1.54, 1.807) is 18.2 Å². The smallest absolute Gasteiger partial charge is 0.143 e. The Hall–Kier alpha value is -2.36. The highest BCUT2D eigenvalue weighted by atomic mass is 16.3. The molecule has 0 amide bonds. The highest BCUT2D eigenvalue weighted by molar-refractivity contribution is 5.76. The molecule has 0 saturated carbocycles. The molecule has 4 nitrogen and oxygen atoms in total. The number of phenols is 1. The lowest BCUT2D eigenvalue weighted by Gasteiger charge is -2.00. The number of phenolic OH excluding ortho intramolecular Hbond substituents is 1. The lowest BCUT2D eigenvalue weighted by molar-refractivity contribution is 0.468. The van der Waals surface area contributed by atoms with Gasteiger partial charge in [0.1, 0.15) is 22.5 Å². The quantitative estimate of drug-likeness (QED) is 0.702. The summed E-state index contributed by atoms with van der Waals surface area (Å²) in [6.07, 6.45) is 0. The van der Waals surface area contributed by atoms with Crippen molar-refractivity contribution in [2.75, 3.05) is 0 Å². The lowest BCUT2D eigenvalue weighted by atomic mass is 10.1. The van der Waals surface area contributed by atoms with E-state index in [2.05, 4.69) is 10.2 Å². The largest absolute Gasteiger partial charge is 0.506 e. The molecule has 3 aromatic rings. The normalized spacial score (nSPS) is 9.55. The third-order valence-corrected chi connectivity index (χ3v) is 3.09. The van der Waals surface area contributed by atoms with Crippen LogP contribution in [0.4, 0.5) is 0 Å². The minimum atomic E-state index is 0.172. The fraction of sp³-hybridized carbons (Fsp3) is 0.333. The zero-order chi connectivity index (χ0) is 16.7. The molecule has 0 spiro atoms. The van der Waals surface area contributed by atoms with Gasteiger partial charge in [-0.05, 0) is 49.2 Å². The fourth-order valence-corrected chi connectivity index (χ4v) is 1.91. The van der Waals surface area contributed by atoms with Crippen LogP contribution in [0.15, 0.2) is 36.4 Å². The summed E-state index contributed by atoms with van der Waals surface area (Å²) in [7, 11) is 0. The molecule has 0 saturated heterocycles. The molecule has 2 aromatic carbocycles. The van der Waals surface area contributed by atoms with Crippen molar-refractivity contribution in [2.24, 2.45) is 0 Å². The van der Waals surface area contributed by atoms with Gasteiger partial charge in [-0.2, -0.15) is 0 Å². The van der Waals surface area contributed by atoms with Gasteiger partial charge in [0.25, 0.3) is 0 Å². The number of hydrogen-bond donors (Lipinski definition) is 1. The zero-order valence-electron chi connectivity index (χ0n) is 14.3. The molecule has 3 rings (SSSR count). The second-order valence-corrected chi connectivity index (χ2v) is 4.40. The van der Waals surface area contributed by atoms with Crippen LogP contribution in [0, 0.1) is 13.8 Å². The molecular formula is C18H25N3O. The van der Waals surface area contributed by atoms with E-state index in [0.717, 1.165) is 11.0 Å². The van der Waals surface area contributed by atoms with Crippen LogP contribution in [-0.2, 0) is 0 Å². The molecule has 0 atom stereocenters. The van der Waals surface area contributed by atoms with Gasteiger partial charge in [0, 0.05) is 0 Å². The maximum absolute atomic E-state index is 9.80. The summed E-state index contributed by atoms with van der Waals surface area (Å²) >= 11 is 0. The fourth-order valence-electron chi connectivity index (χ4n) is 1.91. The van der Waals surface area contributed by atoms with Crippen LogP contribution in [0.25, 0.3) is 16.7 Å². The van der Waals surface area contributed by atoms with Crippen molar-refractivity contribution in [1.29, 1.82) is 0 Å². The molecule has 4 heteroatoms. The Balaban J connectivity index is 0.000000561. The van der Waals surface area contributed by atoms with Crippen molar-refractivity contribution in [1.82, 2.24) is 15.0 Å². The standard InChI is InChI=1S/C14H13N3O.2C2H6/c1-9-7-11-12(8-10(9)2)16-17(15-11)13-5-3-4-6-14(13)18;2*1-2/h3-8,18H,1-2H3;2*1-2H3. The van der Waals surface area contributed by atoms with Crippen molar-refractivity contribution in [3.8, 4) is 11.4 Å². The molecule has 118 valence electrons. The number of benzene rings is 2. The van der Waals surface area contributed by atoms with E-state index in [9.17, 15) is 5.11 Å². The Morgan fingerprint density at radius 1 is 0.818 bits per heavy atom. The second-order valence-electron chi connectivity index (χ2n) is 4.40. The average Bonchev–Trinajstić information content (AvgIpc) is 2.94. The number of aromatic nitrogens is 3. The third-order valence-electron chi connectivity index (χ3n) is 3.09. The minimum Gasteiger partial charge on any atom is -0.506 e. The minimum absolute atomic E-state index is 0.172. The number of aryl methyl sites for hydroxylation is 2. The van der Waals surface area contributed by atoms with Crippen LogP contribution < -0.4 is 0 Å². The van der Waals surface area contributed by atoms with E-state index in [4.69, 9.17) is 0 Å². The Morgan fingerprint density at radius 2 is 1.27 bits per heavy atom. The summed E-state index contributed by atoms with van der Waals surface area (Å²) in [4.78, 5) is 1.47. The molecular weight excluding hydrogens is 274 g/mol. The van der Waals surface area contributed by atoms with Crippen LogP contribution in [0.3, 0.4) is 0 Å². The van der Waals surface area contributed by atoms with Crippen molar-refractivity contribution in [3.05, 3.63) is 47.5 Å². The van der Waals surface area contributed by atoms with Gasteiger partial charge >= 0.3 is 0 Å². The van der Waals surface area contributed by atoms with Crippen LogP contribution in [0.5, 0.6) is 5.75 Å². The predicted octanol–water partition coefficient (Wildman–Crippen LogP) is 4.80. The highest BCUT2D eigenvalue weighted by Gasteiger charge is 2.08. The maximum atomic E-state index is 9.80. The third kappa shape index (κ3) is 3.64. The number of rotatable bonds is 1. The van der Waals surface area contributed by atoms with Crippen LogP contribution in [0.1, 0.15) is 38.8 Å². The molecule has 1 N–H and O–H groups in total. The molecule has 0 aliphatic heterocycles. The molecule has 0 aliphatic rings. The van der Waals surface area contributed by atoms with Gasteiger partial charge in [-0.25, -0.2) is 0 Å². The molecule has 0 bridgehead atoms. The van der Waals surface area contributed by atoms with E-state index in [1.165, 1.54) is 15.9 Å². The first-order valence-corrected chi connectivity index (χ1v) is 7.78.